The van der Waals surface area contributed by atoms with Gasteiger partial charge in [-0.1, -0.05) is 41.4 Å². The number of hydrogen-bond donors (Lipinski definition) is 3. The predicted octanol–water partition coefficient (Wildman–Crippen LogP) is 5.03. The Labute approximate surface area is 179 Å². The number of benzene rings is 3. The topological polar surface area (TPSA) is 70.2 Å². The Hall–Kier alpha value is -3.22. The quantitative estimate of drug-likeness (QED) is 0.515. The summed E-state index contributed by atoms with van der Waals surface area (Å²) in [6, 6.07) is 20.9. The van der Waals surface area contributed by atoms with E-state index < -0.39 is 0 Å². The molecule has 2 amide bonds. The van der Waals surface area contributed by atoms with Crippen LogP contribution in [0.25, 0.3) is 0 Å². The molecule has 7 heteroatoms. The van der Waals surface area contributed by atoms with Gasteiger partial charge in [0.2, 0.25) is 0 Å². The first-order valence-corrected chi connectivity index (χ1v) is 9.55. The zero-order valence-electron chi connectivity index (χ0n) is 15.5. The molecule has 0 radical (unpaired) electrons. The standard InChI is InChI=1S/C22H18ClN3O2S/c1-14-5-2-6-15(11-14)21(28)26-22(29)25-18-9-3-7-16(12-18)20(27)24-19-10-4-8-17(23)13-19/h2-13H,1H3,(H,24,27)(H2,25,26,28,29). The minimum Gasteiger partial charge on any atom is -0.332 e. The van der Waals surface area contributed by atoms with Crippen LogP contribution in [0.3, 0.4) is 0 Å². The van der Waals surface area contributed by atoms with Crippen molar-refractivity contribution in [3.05, 3.63) is 94.5 Å². The second-order valence-electron chi connectivity index (χ2n) is 6.32. The Morgan fingerprint density at radius 1 is 0.793 bits per heavy atom. The molecule has 3 aromatic rings. The van der Waals surface area contributed by atoms with Crippen molar-refractivity contribution in [2.45, 2.75) is 6.92 Å². The van der Waals surface area contributed by atoms with E-state index in [1.807, 2.05) is 19.1 Å². The molecule has 0 saturated carbocycles. The molecule has 0 unspecified atom stereocenters. The Balaban J connectivity index is 1.63. The summed E-state index contributed by atoms with van der Waals surface area (Å²) in [5.41, 5.74) is 3.11. The second kappa shape index (κ2) is 9.32. The average molecular weight is 424 g/mol. The van der Waals surface area contributed by atoms with Crippen molar-refractivity contribution < 1.29 is 9.59 Å². The van der Waals surface area contributed by atoms with Crippen LogP contribution in [0.2, 0.25) is 5.02 Å². The molecule has 0 bridgehead atoms. The van der Waals surface area contributed by atoms with Gasteiger partial charge in [0.05, 0.1) is 0 Å². The lowest BCUT2D eigenvalue weighted by Crippen LogP contribution is -2.34. The monoisotopic (exact) mass is 423 g/mol. The number of halogens is 1. The van der Waals surface area contributed by atoms with Crippen molar-refractivity contribution in [1.29, 1.82) is 0 Å². The van der Waals surface area contributed by atoms with Crippen molar-refractivity contribution in [3.63, 3.8) is 0 Å². The minimum atomic E-state index is -0.305. The van der Waals surface area contributed by atoms with Crippen LogP contribution in [0.1, 0.15) is 26.3 Å². The first-order valence-electron chi connectivity index (χ1n) is 8.77. The first-order chi connectivity index (χ1) is 13.9. The van der Waals surface area contributed by atoms with Gasteiger partial charge in [0.25, 0.3) is 11.8 Å². The van der Waals surface area contributed by atoms with Gasteiger partial charge in [-0.25, -0.2) is 0 Å². The van der Waals surface area contributed by atoms with Gasteiger partial charge in [0, 0.05) is 27.5 Å². The van der Waals surface area contributed by atoms with Gasteiger partial charge in [-0.3, -0.25) is 14.9 Å². The summed E-state index contributed by atoms with van der Waals surface area (Å²) < 4.78 is 0. The fourth-order valence-electron chi connectivity index (χ4n) is 2.63. The van der Waals surface area contributed by atoms with Crippen LogP contribution in [0.5, 0.6) is 0 Å². The van der Waals surface area contributed by atoms with Crippen LogP contribution < -0.4 is 16.0 Å². The molecule has 5 nitrogen and oxygen atoms in total. The van der Waals surface area contributed by atoms with E-state index in [0.29, 0.717) is 27.5 Å². The van der Waals surface area contributed by atoms with Crippen molar-refractivity contribution in [1.82, 2.24) is 5.32 Å². The highest BCUT2D eigenvalue weighted by atomic mass is 35.5. The Kier molecular flexibility index (Phi) is 6.59. The predicted molar refractivity (Wildman–Crippen MR) is 121 cm³/mol. The Morgan fingerprint density at radius 2 is 1.41 bits per heavy atom. The summed E-state index contributed by atoms with van der Waals surface area (Å²) in [6.45, 7) is 1.91. The van der Waals surface area contributed by atoms with E-state index in [4.69, 9.17) is 23.8 Å². The van der Waals surface area contributed by atoms with E-state index in [9.17, 15) is 9.59 Å². The summed E-state index contributed by atoms with van der Waals surface area (Å²) in [7, 11) is 0. The van der Waals surface area contributed by atoms with Crippen LogP contribution in [-0.4, -0.2) is 16.9 Å². The van der Waals surface area contributed by atoms with Gasteiger partial charge in [-0.15, -0.1) is 0 Å². The number of carbonyl (C=O) groups excluding carboxylic acids is 2. The first kappa shape index (κ1) is 20.5. The van der Waals surface area contributed by atoms with Crippen LogP contribution in [0.15, 0.2) is 72.8 Å². The van der Waals surface area contributed by atoms with Crippen LogP contribution in [-0.2, 0) is 0 Å². The molecular formula is C22H18ClN3O2S. The molecule has 0 aliphatic heterocycles. The smallest absolute Gasteiger partial charge is 0.257 e. The van der Waals surface area contributed by atoms with Gasteiger partial charge < -0.3 is 10.6 Å². The molecule has 0 saturated heterocycles. The van der Waals surface area contributed by atoms with E-state index in [-0.39, 0.29) is 16.9 Å². The lowest BCUT2D eigenvalue weighted by Gasteiger charge is -2.11. The number of thiocarbonyl (C=S) groups is 1. The van der Waals surface area contributed by atoms with Gasteiger partial charge in [-0.05, 0) is 67.7 Å². The third-order valence-corrected chi connectivity index (χ3v) is 4.41. The number of amides is 2. The summed E-state index contributed by atoms with van der Waals surface area (Å²) in [6.07, 6.45) is 0. The molecule has 0 aliphatic carbocycles. The van der Waals surface area contributed by atoms with Crippen molar-refractivity contribution in [2.24, 2.45) is 0 Å². The number of carbonyl (C=O) groups is 2. The summed E-state index contributed by atoms with van der Waals surface area (Å²) >= 11 is 11.2. The number of rotatable bonds is 4. The molecule has 3 aromatic carbocycles. The normalized spacial score (nSPS) is 10.1. The molecule has 3 N–H and O–H groups in total. The number of nitrogens with one attached hydrogen (secondary N) is 3. The fourth-order valence-corrected chi connectivity index (χ4v) is 3.03. The molecule has 146 valence electrons. The molecule has 0 aliphatic rings. The Bertz CT molecular complexity index is 1080. The van der Waals surface area contributed by atoms with Crippen LogP contribution in [0.4, 0.5) is 11.4 Å². The summed E-state index contributed by atoms with van der Waals surface area (Å²) in [4.78, 5) is 24.8. The molecule has 0 aromatic heterocycles. The third kappa shape index (κ3) is 5.88. The van der Waals surface area contributed by atoms with E-state index in [1.54, 1.807) is 60.7 Å². The number of aryl methyl sites for hydroxylation is 1. The van der Waals surface area contributed by atoms with Gasteiger partial charge >= 0.3 is 0 Å². The van der Waals surface area contributed by atoms with Crippen molar-refractivity contribution in [2.75, 3.05) is 10.6 Å². The molecular weight excluding hydrogens is 406 g/mol. The highest BCUT2D eigenvalue weighted by molar-refractivity contribution is 7.80. The molecule has 3 rings (SSSR count). The zero-order chi connectivity index (χ0) is 20.8. The summed E-state index contributed by atoms with van der Waals surface area (Å²) in [5.74, 6) is -0.591. The largest absolute Gasteiger partial charge is 0.332 e. The van der Waals surface area contributed by atoms with Crippen LogP contribution >= 0.6 is 23.8 Å². The highest BCUT2D eigenvalue weighted by Gasteiger charge is 2.10. The van der Waals surface area contributed by atoms with Crippen molar-refractivity contribution >= 4 is 52.1 Å². The Morgan fingerprint density at radius 3 is 2.10 bits per heavy atom. The maximum Gasteiger partial charge on any atom is 0.257 e. The van der Waals surface area contributed by atoms with Gasteiger partial charge in [0.15, 0.2) is 5.11 Å². The fraction of sp³-hybridized carbons (Fsp3) is 0.0455. The third-order valence-electron chi connectivity index (χ3n) is 3.97. The summed E-state index contributed by atoms with van der Waals surface area (Å²) in [5, 5.41) is 9.02. The van der Waals surface area contributed by atoms with Gasteiger partial charge in [-0.2, -0.15) is 0 Å². The zero-order valence-corrected chi connectivity index (χ0v) is 17.1. The lowest BCUT2D eigenvalue weighted by atomic mass is 10.1. The number of hydrogen-bond acceptors (Lipinski definition) is 3. The maximum absolute atomic E-state index is 12.5. The lowest BCUT2D eigenvalue weighted by molar-refractivity contribution is 0.0976. The van der Waals surface area contributed by atoms with E-state index >= 15 is 0 Å². The molecule has 0 fully saturated rings. The van der Waals surface area contributed by atoms with E-state index in [0.717, 1.165) is 5.56 Å². The van der Waals surface area contributed by atoms with E-state index in [1.165, 1.54) is 0 Å². The SMILES string of the molecule is Cc1cccc(C(=O)NC(=S)Nc2cccc(C(=O)Nc3cccc(Cl)c3)c2)c1. The van der Waals surface area contributed by atoms with Crippen molar-refractivity contribution in [3.8, 4) is 0 Å². The highest BCUT2D eigenvalue weighted by Crippen LogP contribution is 2.17. The van der Waals surface area contributed by atoms with Crippen LogP contribution in [0, 0.1) is 6.92 Å². The molecule has 29 heavy (non-hydrogen) atoms. The molecule has 0 spiro atoms. The molecule has 0 atom stereocenters. The minimum absolute atomic E-state index is 0.143. The number of anilines is 2. The van der Waals surface area contributed by atoms with Gasteiger partial charge in [0.1, 0.15) is 0 Å². The molecule has 0 heterocycles. The maximum atomic E-state index is 12.5. The second-order valence-corrected chi connectivity index (χ2v) is 7.17. The average Bonchev–Trinajstić information content (AvgIpc) is 2.68. The van der Waals surface area contributed by atoms with E-state index in [2.05, 4.69) is 16.0 Å².